The molecule has 1 unspecified atom stereocenters. The molecular weight excluding hydrogens is 193 g/mol. The molecule has 0 saturated carbocycles. The first kappa shape index (κ1) is 11.9. The van der Waals surface area contributed by atoms with Crippen molar-refractivity contribution in [3.63, 3.8) is 0 Å². The number of halogens is 1. The summed E-state index contributed by atoms with van der Waals surface area (Å²) in [5.74, 6) is -0.622. The normalized spacial score (nSPS) is 12.5. The summed E-state index contributed by atoms with van der Waals surface area (Å²) in [6.45, 7) is 2.32. The fraction of sp³-hybridized carbons (Fsp3) is 0.417. The lowest BCUT2D eigenvalue weighted by molar-refractivity contribution is 0.0917. The Labute approximate surface area is 89.3 Å². The van der Waals surface area contributed by atoms with Gasteiger partial charge in [-0.3, -0.25) is 4.79 Å². The quantitative estimate of drug-likeness (QED) is 0.756. The van der Waals surface area contributed by atoms with E-state index in [9.17, 15) is 9.18 Å². The van der Waals surface area contributed by atoms with Crippen LogP contribution in [0, 0.1) is 11.7 Å². The maximum atomic E-state index is 12.9. The van der Waals surface area contributed by atoms with Gasteiger partial charge >= 0.3 is 0 Å². The van der Waals surface area contributed by atoms with Crippen molar-refractivity contribution in [2.24, 2.45) is 11.7 Å². The van der Waals surface area contributed by atoms with E-state index in [1.807, 2.05) is 6.92 Å². The topological polar surface area (TPSA) is 43.1 Å². The maximum Gasteiger partial charge on any atom is 0.167 e. The molecule has 0 amide bonds. The zero-order valence-corrected chi connectivity index (χ0v) is 8.87. The molecule has 15 heavy (non-hydrogen) atoms. The van der Waals surface area contributed by atoms with E-state index in [2.05, 4.69) is 0 Å². The number of hydrogen-bond acceptors (Lipinski definition) is 2. The van der Waals surface area contributed by atoms with E-state index in [0.717, 1.165) is 12.8 Å². The molecule has 0 bridgehead atoms. The molecule has 0 aliphatic carbocycles. The summed E-state index contributed by atoms with van der Waals surface area (Å²) in [6.07, 6.45) is 1.66. The van der Waals surface area contributed by atoms with Crippen molar-refractivity contribution in [3.8, 4) is 0 Å². The molecule has 0 saturated heterocycles. The minimum Gasteiger partial charge on any atom is -0.330 e. The largest absolute Gasteiger partial charge is 0.330 e. The first-order valence-corrected chi connectivity index (χ1v) is 5.19. The molecule has 0 heterocycles. The van der Waals surface area contributed by atoms with Crippen LogP contribution in [0.5, 0.6) is 0 Å². The lowest BCUT2D eigenvalue weighted by atomic mass is 9.94. The number of ketones is 1. The van der Waals surface area contributed by atoms with Crippen LogP contribution in [-0.2, 0) is 0 Å². The van der Waals surface area contributed by atoms with Crippen molar-refractivity contribution < 1.29 is 9.18 Å². The van der Waals surface area contributed by atoms with Crippen molar-refractivity contribution in [1.29, 1.82) is 0 Å². The van der Waals surface area contributed by atoms with Gasteiger partial charge in [-0.1, -0.05) is 25.5 Å². The molecule has 1 aromatic rings. The molecule has 0 radical (unpaired) electrons. The first-order valence-electron chi connectivity index (χ1n) is 5.19. The van der Waals surface area contributed by atoms with E-state index in [0.29, 0.717) is 12.1 Å². The molecule has 1 rings (SSSR count). The predicted molar refractivity (Wildman–Crippen MR) is 58.2 cm³/mol. The van der Waals surface area contributed by atoms with Gasteiger partial charge < -0.3 is 5.73 Å². The van der Waals surface area contributed by atoms with Gasteiger partial charge in [0.1, 0.15) is 5.82 Å². The summed E-state index contributed by atoms with van der Waals surface area (Å²) < 4.78 is 12.9. The van der Waals surface area contributed by atoms with Gasteiger partial charge in [0.25, 0.3) is 0 Å². The van der Waals surface area contributed by atoms with Crippen molar-refractivity contribution >= 4 is 5.78 Å². The standard InChI is InChI=1S/C12H16FNO/c1-2-4-10(8-14)12(15)9-5-3-6-11(13)7-9/h3,5-7,10H,2,4,8,14H2,1H3. The average Bonchev–Trinajstić information content (AvgIpc) is 2.25. The summed E-state index contributed by atoms with van der Waals surface area (Å²) in [4.78, 5) is 11.9. The van der Waals surface area contributed by atoms with Crippen LogP contribution < -0.4 is 5.73 Å². The fourth-order valence-corrected chi connectivity index (χ4v) is 1.58. The molecule has 1 atom stereocenters. The number of carbonyl (C=O) groups is 1. The lowest BCUT2D eigenvalue weighted by Gasteiger charge is -2.12. The van der Waals surface area contributed by atoms with Gasteiger partial charge in [0, 0.05) is 18.0 Å². The second-order valence-corrected chi connectivity index (χ2v) is 3.60. The molecule has 0 aromatic heterocycles. The number of benzene rings is 1. The van der Waals surface area contributed by atoms with Crippen LogP contribution in [-0.4, -0.2) is 12.3 Å². The van der Waals surface area contributed by atoms with Crippen molar-refractivity contribution in [2.45, 2.75) is 19.8 Å². The molecule has 2 N–H and O–H groups in total. The fourth-order valence-electron chi connectivity index (χ4n) is 1.58. The number of hydrogen-bond donors (Lipinski definition) is 1. The van der Waals surface area contributed by atoms with E-state index < -0.39 is 0 Å². The maximum absolute atomic E-state index is 12.9. The van der Waals surface area contributed by atoms with E-state index in [1.54, 1.807) is 12.1 Å². The molecule has 0 aliphatic heterocycles. The van der Waals surface area contributed by atoms with Crippen LogP contribution in [0.4, 0.5) is 4.39 Å². The number of carbonyl (C=O) groups excluding carboxylic acids is 1. The minimum atomic E-state index is -0.381. The Hall–Kier alpha value is -1.22. The van der Waals surface area contributed by atoms with Gasteiger partial charge in [0.2, 0.25) is 0 Å². The van der Waals surface area contributed by atoms with E-state index in [1.165, 1.54) is 12.1 Å². The molecule has 0 fully saturated rings. The highest BCUT2D eigenvalue weighted by atomic mass is 19.1. The van der Waals surface area contributed by atoms with Gasteiger partial charge in [-0.15, -0.1) is 0 Å². The summed E-state index contributed by atoms with van der Waals surface area (Å²) in [6, 6.07) is 5.76. The van der Waals surface area contributed by atoms with Crippen LogP contribution in [0.25, 0.3) is 0 Å². The highest BCUT2D eigenvalue weighted by Crippen LogP contribution is 2.14. The van der Waals surface area contributed by atoms with E-state index in [4.69, 9.17) is 5.73 Å². The molecule has 0 aliphatic rings. The van der Waals surface area contributed by atoms with Crippen molar-refractivity contribution in [3.05, 3.63) is 35.6 Å². The Balaban J connectivity index is 2.82. The SMILES string of the molecule is CCCC(CN)C(=O)c1cccc(F)c1. The van der Waals surface area contributed by atoms with Gasteiger partial charge in [-0.25, -0.2) is 4.39 Å². The summed E-state index contributed by atoms with van der Waals surface area (Å²) in [5.41, 5.74) is 5.94. The van der Waals surface area contributed by atoms with Crippen LogP contribution in [0.1, 0.15) is 30.1 Å². The highest BCUT2D eigenvalue weighted by Gasteiger charge is 2.17. The third kappa shape index (κ3) is 3.13. The number of Topliss-reactive ketones (excluding diaryl/α,β-unsaturated/α-hetero) is 1. The van der Waals surface area contributed by atoms with Crippen molar-refractivity contribution in [1.82, 2.24) is 0 Å². The van der Waals surface area contributed by atoms with Crippen LogP contribution in [0.2, 0.25) is 0 Å². The Morgan fingerprint density at radius 3 is 2.80 bits per heavy atom. The summed E-state index contributed by atoms with van der Waals surface area (Å²) in [7, 11) is 0. The Kier molecular flexibility index (Phi) is 4.43. The Morgan fingerprint density at radius 2 is 2.27 bits per heavy atom. The highest BCUT2D eigenvalue weighted by molar-refractivity contribution is 5.97. The Bertz CT molecular complexity index is 338. The zero-order chi connectivity index (χ0) is 11.3. The van der Waals surface area contributed by atoms with Crippen LogP contribution >= 0.6 is 0 Å². The monoisotopic (exact) mass is 209 g/mol. The second-order valence-electron chi connectivity index (χ2n) is 3.60. The van der Waals surface area contributed by atoms with E-state index >= 15 is 0 Å². The summed E-state index contributed by atoms with van der Waals surface area (Å²) >= 11 is 0. The van der Waals surface area contributed by atoms with E-state index in [-0.39, 0.29) is 17.5 Å². The number of rotatable bonds is 5. The summed E-state index contributed by atoms with van der Waals surface area (Å²) in [5, 5.41) is 0. The van der Waals surface area contributed by atoms with Gasteiger partial charge in [0.05, 0.1) is 0 Å². The predicted octanol–water partition coefficient (Wildman–Crippen LogP) is 2.38. The smallest absolute Gasteiger partial charge is 0.167 e. The second kappa shape index (κ2) is 5.61. The van der Waals surface area contributed by atoms with Crippen molar-refractivity contribution in [2.75, 3.05) is 6.54 Å². The molecule has 1 aromatic carbocycles. The lowest BCUT2D eigenvalue weighted by Crippen LogP contribution is -2.23. The average molecular weight is 209 g/mol. The minimum absolute atomic E-state index is 0.0566. The first-order chi connectivity index (χ1) is 7.19. The van der Waals surface area contributed by atoms with Crippen LogP contribution in [0.3, 0.4) is 0 Å². The third-order valence-corrected chi connectivity index (χ3v) is 2.40. The third-order valence-electron chi connectivity index (χ3n) is 2.40. The van der Waals surface area contributed by atoms with Crippen LogP contribution in [0.15, 0.2) is 24.3 Å². The van der Waals surface area contributed by atoms with Gasteiger partial charge in [-0.2, -0.15) is 0 Å². The molecular formula is C12H16FNO. The molecule has 3 heteroatoms. The molecule has 82 valence electrons. The Morgan fingerprint density at radius 1 is 1.53 bits per heavy atom. The zero-order valence-electron chi connectivity index (χ0n) is 8.87. The number of nitrogens with two attached hydrogens (primary N) is 1. The van der Waals surface area contributed by atoms with Gasteiger partial charge in [-0.05, 0) is 18.6 Å². The molecule has 0 spiro atoms. The molecule has 2 nitrogen and oxygen atoms in total. The van der Waals surface area contributed by atoms with Gasteiger partial charge in [0.15, 0.2) is 5.78 Å².